The highest BCUT2D eigenvalue weighted by atomic mass is 16.7. The highest BCUT2D eigenvalue weighted by Gasteiger charge is 2.45. The van der Waals surface area contributed by atoms with E-state index in [1.807, 2.05) is 60.7 Å². The molecule has 4 atom stereocenters. The molecule has 0 spiro atoms. The van der Waals surface area contributed by atoms with Gasteiger partial charge >= 0.3 is 0 Å². The van der Waals surface area contributed by atoms with Gasteiger partial charge in [0.1, 0.15) is 24.9 Å². The smallest absolute Gasteiger partial charge is 0.184 e. The third-order valence-corrected chi connectivity index (χ3v) is 4.32. The van der Waals surface area contributed by atoms with Gasteiger partial charge in [-0.25, -0.2) is 0 Å². The van der Waals surface area contributed by atoms with Crippen molar-refractivity contribution in [2.75, 3.05) is 13.2 Å². The van der Waals surface area contributed by atoms with Crippen LogP contribution < -0.4 is 0 Å². The second-order valence-electron chi connectivity index (χ2n) is 6.31. The Hall–Kier alpha value is -2.20. The average Bonchev–Trinajstić information content (AvgIpc) is 3.00. The molecule has 1 aliphatic rings. The van der Waals surface area contributed by atoms with E-state index in [1.165, 1.54) is 0 Å². The third kappa shape index (κ3) is 5.64. The molecule has 1 fully saturated rings. The van der Waals surface area contributed by atoms with Crippen LogP contribution in [0.25, 0.3) is 0 Å². The lowest BCUT2D eigenvalue weighted by atomic mass is 10.1. The summed E-state index contributed by atoms with van der Waals surface area (Å²) in [6, 6.07) is 19.7. The molecule has 2 aromatic rings. The second kappa shape index (κ2) is 10.2. The summed E-state index contributed by atoms with van der Waals surface area (Å²) < 4.78 is 23.0. The van der Waals surface area contributed by atoms with Gasteiger partial charge in [-0.2, -0.15) is 0 Å². The maximum absolute atomic E-state index is 10.2. The minimum Gasteiger partial charge on any atom is -0.374 e. The summed E-state index contributed by atoms with van der Waals surface area (Å²) in [5, 5.41) is 10.2. The highest BCUT2D eigenvalue weighted by Crippen LogP contribution is 2.27. The highest BCUT2D eigenvalue weighted by molar-refractivity contribution is 5.14. The summed E-state index contributed by atoms with van der Waals surface area (Å²) in [4.78, 5) is 0. The van der Waals surface area contributed by atoms with E-state index in [1.54, 1.807) is 0 Å². The van der Waals surface area contributed by atoms with Crippen molar-refractivity contribution in [3.05, 3.63) is 71.8 Å². The maximum Gasteiger partial charge on any atom is 0.184 e. The normalized spacial score (nSPS) is 24.6. The van der Waals surface area contributed by atoms with E-state index in [9.17, 15) is 5.11 Å². The van der Waals surface area contributed by atoms with Crippen molar-refractivity contribution in [1.82, 2.24) is 0 Å². The van der Waals surface area contributed by atoms with E-state index in [2.05, 4.69) is 5.92 Å². The van der Waals surface area contributed by atoms with E-state index in [0.717, 1.165) is 11.1 Å². The zero-order valence-corrected chi connectivity index (χ0v) is 15.1. The van der Waals surface area contributed by atoms with E-state index < -0.39 is 24.6 Å². The first-order valence-electron chi connectivity index (χ1n) is 8.93. The molecule has 5 heteroatoms. The van der Waals surface area contributed by atoms with Gasteiger partial charge in [0.25, 0.3) is 0 Å². The molecule has 2 aromatic carbocycles. The number of terminal acetylenes is 1. The molecule has 0 unspecified atom stereocenters. The van der Waals surface area contributed by atoms with Gasteiger partial charge in [-0.3, -0.25) is 0 Å². The van der Waals surface area contributed by atoms with Crippen LogP contribution in [-0.2, 0) is 32.2 Å². The standard InChI is InChI=1S/C22H24O5/c1-2-13-25-21-20(26-15-18-11-7-4-8-12-18)19(27-22(21)23)16-24-14-17-9-5-3-6-10-17/h1,3-12,19-23H,13-16H2/t19-,20+,21-,22+/m1/s1. The maximum atomic E-state index is 10.2. The van der Waals surface area contributed by atoms with E-state index in [0.29, 0.717) is 13.2 Å². The lowest BCUT2D eigenvalue weighted by Crippen LogP contribution is -2.39. The van der Waals surface area contributed by atoms with E-state index in [4.69, 9.17) is 25.4 Å². The topological polar surface area (TPSA) is 57.2 Å². The summed E-state index contributed by atoms with van der Waals surface area (Å²) in [7, 11) is 0. The summed E-state index contributed by atoms with van der Waals surface area (Å²) in [6.45, 7) is 1.19. The van der Waals surface area contributed by atoms with Crippen molar-refractivity contribution in [1.29, 1.82) is 0 Å². The fraction of sp³-hybridized carbons (Fsp3) is 0.364. The zero-order valence-electron chi connectivity index (χ0n) is 15.1. The van der Waals surface area contributed by atoms with Gasteiger partial charge in [-0.15, -0.1) is 6.42 Å². The summed E-state index contributed by atoms with van der Waals surface area (Å²) in [6.07, 6.45) is 2.58. The molecule has 0 aliphatic carbocycles. The van der Waals surface area contributed by atoms with Crippen LogP contribution in [0.4, 0.5) is 0 Å². The Morgan fingerprint density at radius 1 is 0.889 bits per heavy atom. The van der Waals surface area contributed by atoms with Crippen molar-refractivity contribution in [2.45, 2.75) is 37.8 Å². The number of aliphatic hydroxyl groups is 1. The average molecular weight is 368 g/mol. The quantitative estimate of drug-likeness (QED) is 0.690. The van der Waals surface area contributed by atoms with Gasteiger partial charge in [0.2, 0.25) is 0 Å². The Labute approximate surface area is 159 Å². The minimum absolute atomic E-state index is 0.0773. The number of hydrogen-bond donors (Lipinski definition) is 1. The molecule has 27 heavy (non-hydrogen) atoms. The first kappa shape index (κ1) is 19.6. The lowest BCUT2D eigenvalue weighted by Gasteiger charge is -2.23. The van der Waals surface area contributed by atoms with Crippen LogP contribution in [0.5, 0.6) is 0 Å². The Morgan fingerprint density at radius 3 is 2.15 bits per heavy atom. The van der Waals surface area contributed by atoms with E-state index >= 15 is 0 Å². The predicted octanol–water partition coefficient (Wildman–Crippen LogP) is 2.52. The molecule has 3 rings (SSSR count). The first-order valence-corrected chi connectivity index (χ1v) is 8.93. The van der Waals surface area contributed by atoms with Crippen molar-refractivity contribution < 1.29 is 24.1 Å². The van der Waals surface area contributed by atoms with Crippen molar-refractivity contribution >= 4 is 0 Å². The van der Waals surface area contributed by atoms with Gasteiger partial charge < -0.3 is 24.1 Å². The van der Waals surface area contributed by atoms with Crippen LogP contribution in [0.2, 0.25) is 0 Å². The predicted molar refractivity (Wildman–Crippen MR) is 101 cm³/mol. The van der Waals surface area contributed by atoms with E-state index in [-0.39, 0.29) is 13.2 Å². The Kier molecular flexibility index (Phi) is 7.40. The number of benzene rings is 2. The van der Waals surface area contributed by atoms with Gasteiger partial charge in [0.15, 0.2) is 6.29 Å². The molecule has 0 aromatic heterocycles. The third-order valence-electron chi connectivity index (χ3n) is 4.32. The molecule has 1 saturated heterocycles. The van der Waals surface area contributed by atoms with Crippen LogP contribution in [0.3, 0.4) is 0 Å². The minimum atomic E-state index is -1.11. The Balaban J connectivity index is 1.59. The van der Waals surface area contributed by atoms with Crippen molar-refractivity contribution in [3.63, 3.8) is 0 Å². The molecule has 5 nitrogen and oxygen atoms in total. The summed E-state index contributed by atoms with van der Waals surface area (Å²) in [5.41, 5.74) is 2.09. The number of rotatable bonds is 9. The van der Waals surface area contributed by atoms with Crippen LogP contribution in [0.15, 0.2) is 60.7 Å². The molecule has 0 radical (unpaired) electrons. The molecular formula is C22H24O5. The van der Waals surface area contributed by atoms with Crippen LogP contribution >= 0.6 is 0 Å². The van der Waals surface area contributed by atoms with Gasteiger partial charge in [-0.05, 0) is 11.1 Å². The molecule has 0 amide bonds. The Bertz CT molecular complexity index is 712. The molecule has 1 aliphatic heterocycles. The first-order chi connectivity index (χ1) is 13.3. The second-order valence-corrected chi connectivity index (χ2v) is 6.31. The zero-order chi connectivity index (χ0) is 18.9. The number of hydrogen-bond acceptors (Lipinski definition) is 5. The summed E-state index contributed by atoms with van der Waals surface area (Å²) >= 11 is 0. The molecule has 142 valence electrons. The van der Waals surface area contributed by atoms with Gasteiger partial charge in [-0.1, -0.05) is 66.6 Å². The fourth-order valence-corrected chi connectivity index (χ4v) is 3.00. The van der Waals surface area contributed by atoms with Crippen molar-refractivity contribution in [3.8, 4) is 12.3 Å². The molecule has 1 N–H and O–H groups in total. The van der Waals surface area contributed by atoms with Crippen molar-refractivity contribution in [2.24, 2.45) is 0 Å². The summed E-state index contributed by atoms with van der Waals surface area (Å²) in [5.74, 6) is 2.41. The molecular weight excluding hydrogens is 344 g/mol. The van der Waals surface area contributed by atoms with Gasteiger partial charge in [0, 0.05) is 0 Å². The molecule has 1 heterocycles. The number of aliphatic hydroxyl groups excluding tert-OH is 1. The molecule has 0 bridgehead atoms. The Morgan fingerprint density at radius 2 is 1.52 bits per heavy atom. The van der Waals surface area contributed by atoms with Crippen LogP contribution in [0.1, 0.15) is 11.1 Å². The lowest BCUT2D eigenvalue weighted by molar-refractivity contribution is -0.147. The van der Waals surface area contributed by atoms with Crippen LogP contribution in [-0.4, -0.2) is 42.9 Å². The monoisotopic (exact) mass is 368 g/mol. The van der Waals surface area contributed by atoms with Crippen LogP contribution in [0, 0.1) is 12.3 Å². The number of ether oxygens (including phenoxy) is 4. The largest absolute Gasteiger partial charge is 0.374 e. The molecule has 0 saturated carbocycles. The van der Waals surface area contributed by atoms with Gasteiger partial charge in [0.05, 0.1) is 19.8 Å². The SMILES string of the molecule is C#CCO[C@@H]1[C@@H](OCc2ccccc2)[C@@H](COCc2ccccc2)O[C@@H]1O. The fourth-order valence-electron chi connectivity index (χ4n) is 3.00.